The van der Waals surface area contributed by atoms with Crippen molar-refractivity contribution in [3.05, 3.63) is 60.2 Å². The third-order valence-electron chi connectivity index (χ3n) is 6.48. The number of amides is 1. The maximum atomic E-state index is 12.8. The lowest BCUT2D eigenvalue weighted by Crippen LogP contribution is -2.42. The molecule has 6 heteroatoms. The van der Waals surface area contributed by atoms with Crippen molar-refractivity contribution < 1.29 is 24.6 Å². The van der Waals surface area contributed by atoms with Crippen LogP contribution in [-0.2, 0) is 20.8 Å². The van der Waals surface area contributed by atoms with Crippen LogP contribution in [0.25, 0.3) is 11.1 Å². The Labute approximate surface area is 188 Å². The first-order valence-corrected chi connectivity index (χ1v) is 11.2. The Morgan fingerprint density at radius 1 is 0.938 bits per heavy atom. The highest BCUT2D eigenvalue weighted by atomic mass is 16.4. The molecule has 0 bridgehead atoms. The molecule has 2 atom stereocenters. The predicted octanol–water partition coefficient (Wildman–Crippen LogP) is 4.53. The van der Waals surface area contributed by atoms with E-state index in [4.69, 9.17) is 0 Å². The van der Waals surface area contributed by atoms with Crippen molar-refractivity contribution in [3.63, 3.8) is 0 Å². The minimum atomic E-state index is -0.996. The standard InChI is InChI=1S/C26H31NO5/c1-18(24(29)30)15-22(27-23(28)17-26(25(31)32)13-5-6-14-26)16-19-9-11-21(12-10-19)20-7-3-2-4-8-20/h2-4,7-12,18,22H,5-6,13-17H2,1H3,(H,27,28)(H,29,30)(H,31,32)/t18-,22+/m1/s1. The van der Waals surface area contributed by atoms with Crippen molar-refractivity contribution in [2.24, 2.45) is 11.3 Å². The van der Waals surface area contributed by atoms with Crippen LogP contribution < -0.4 is 5.32 Å². The molecule has 1 saturated carbocycles. The third kappa shape index (κ3) is 5.96. The fourth-order valence-electron chi connectivity index (χ4n) is 4.57. The number of nitrogens with one attached hydrogen (secondary N) is 1. The molecule has 0 spiro atoms. The highest BCUT2D eigenvalue weighted by Gasteiger charge is 2.43. The van der Waals surface area contributed by atoms with E-state index in [1.165, 1.54) is 0 Å². The van der Waals surface area contributed by atoms with E-state index >= 15 is 0 Å². The Kier molecular flexibility index (Phi) is 7.67. The monoisotopic (exact) mass is 437 g/mol. The number of rotatable bonds is 10. The molecular formula is C26H31NO5. The number of benzene rings is 2. The van der Waals surface area contributed by atoms with Gasteiger partial charge in [0.15, 0.2) is 0 Å². The summed E-state index contributed by atoms with van der Waals surface area (Å²) in [6.07, 6.45) is 3.34. The van der Waals surface area contributed by atoms with E-state index in [-0.39, 0.29) is 24.8 Å². The number of carboxylic acid groups (broad SMARTS) is 2. The molecule has 6 nitrogen and oxygen atoms in total. The van der Waals surface area contributed by atoms with Crippen LogP contribution in [0.2, 0.25) is 0 Å². The van der Waals surface area contributed by atoms with Crippen LogP contribution >= 0.6 is 0 Å². The summed E-state index contributed by atoms with van der Waals surface area (Å²) in [5, 5.41) is 21.9. The molecule has 0 unspecified atom stereocenters. The molecule has 32 heavy (non-hydrogen) atoms. The first kappa shape index (κ1) is 23.5. The van der Waals surface area contributed by atoms with Gasteiger partial charge >= 0.3 is 11.9 Å². The van der Waals surface area contributed by atoms with Crippen LogP contribution in [0.15, 0.2) is 54.6 Å². The zero-order chi connectivity index (χ0) is 23.1. The molecule has 0 aromatic heterocycles. The van der Waals surface area contributed by atoms with Gasteiger partial charge in [-0.2, -0.15) is 0 Å². The number of carbonyl (C=O) groups excluding carboxylic acids is 1. The van der Waals surface area contributed by atoms with Gasteiger partial charge in [-0.3, -0.25) is 14.4 Å². The number of carboxylic acids is 2. The van der Waals surface area contributed by atoms with E-state index in [2.05, 4.69) is 5.32 Å². The summed E-state index contributed by atoms with van der Waals surface area (Å²) < 4.78 is 0. The van der Waals surface area contributed by atoms with E-state index in [0.29, 0.717) is 19.3 Å². The van der Waals surface area contributed by atoms with Crippen molar-refractivity contribution in [2.75, 3.05) is 0 Å². The van der Waals surface area contributed by atoms with Gasteiger partial charge in [0.2, 0.25) is 5.91 Å². The van der Waals surface area contributed by atoms with Gasteiger partial charge in [-0.1, -0.05) is 74.4 Å². The van der Waals surface area contributed by atoms with Crippen molar-refractivity contribution >= 4 is 17.8 Å². The van der Waals surface area contributed by atoms with E-state index in [0.717, 1.165) is 29.5 Å². The van der Waals surface area contributed by atoms with Gasteiger partial charge in [0.05, 0.1) is 11.3 Å². The van der Waals surface area contributed by atoms with Crippen molar-refractivity contribution in [2.45, 2.75) is 57.9 Å². The number of hydrogen-bond acceptors (Lipinski definition) is 3. The van der Waals surface area contributed by atoms with Crippen molar-refractivity contribution in [1.29, 1.82) is 0 Å². The maximum Gasteiger partial charge on any atom is 0.310 e. The fourth-order valence-corrected chi connectivity index (χ4v) is 4.57. The van der Waals surface area contributed by atoms with E-state index in [1.807, 2.05) is 54.6 Å². The largest absolute Gasteiger partial charge is 0.481 e. The lowest BCUT2D eigenvalue weighted by molar-refractivity contribution is -0.151. The molecule has 0 heterocycles. The van der Waals surface area contributed by atoms with Gasteiger partial charge in [-0.15, -0.1) is 0 Å². The molecule has 2 aromatic rings. The number of aliphatic carboxylic acids is 2. The number of carbonyl (C=O) groups is 3. The smallest absolute Gasteiger partial charge is 0.310 e. The van der Waals surface area contributed by atoms with Crippen LogP contribution in [0.4, 0.5) is 0 Å². The molecule has 3 N–H and O–H groups in total. The topological polar surface area (TPSA) is 104 Å². The third-order valence-corrected chi connectivity index (χ3v) is 6.48. The highest BCUT2D eigenvalue weighted by molar-refractivity contribution is 5.85. The molecule has 2 aromatic carbocycles. The SMILES string of the molecule is C[C@H](C[C@@H](Cc1ccc(-c2ccccc2)cc1)NC(=O)CC1(C(=O)O)CCCC1)C(=O)O. The van der Waals surface area contributed by atoms with Crippen LogP contribution in [0.5, 0.6) is 0 Å². The van der Waals surface area contributed by atoms with Crippen LogP contribution in [0.3, 0.4) is 0 Å². The fraction of sp³-hybridized carbons (Fsp3) is 0.423. The lowest BCUT2D eigenvalue weighted by Gasteiger charge is -2.26. The van der Waals surface area contributed by atoms with Crippen molar-refractivity contribution in [3.8, 4) is 11.1 Å². The second-order valence-electron chi connectivity index (χ2n) is 8.98. The average molecular weight is 438 g/mol. The average Bonchev–Trinajstić information content (AvgIpc) is 3.24. The lowest BCUT2D eigenvalue weighted by atomic mass is 9.82. The first-order valence-electron chi connectivity index (χ1n) is 11.2. The first-order chi connectivity index (χ1) is 15.3. The molecule has 3 rings (SSSR count). The highest BCUT2D eigenvalue weighted by Crippen LogP contribution is 2.41. The number of hydrogen-bond donors (Lipinski definition) is 3. The summed E-state index contributed by atoms with van der Waals surface area (Å²) in [6.45, 7) is 1.62. The molecule has 0 radical (unpaired) electrons. The minimum absolute atomic E-state index is 0.0623. The van der Waals surface area contributed by atoms with Crippen LogP contribution in [-0.4, -0.2) is 34.1 Å². The molecule has 1 aliphatic carbocycles. The molecular weight excluding hydrogens is 406 g/mol. The zero-order valence-electron chi connectivity index (χ0n) is 18.4. The quantitative estimate of drug-likeness (QED) is 0.507. The zero-order valence-corrected chi connectivity index (χ0v) is 18.4. The Morgan fingerprint density at radius 2 is 1.53 bits per heavy atom. The molecule has 170 valence electrons. The summed E-state index contributed by atoms with van der Waals surface area (Å²) in [5.41, 5.74) is 2.18. The Bertz CT molecular complexity index is 932. The Morgan fingerprint density at radius 3 is 2.09 bits per heavy atom. The van der Waals surface area contributed by atoms with Gasteiger partial charge in [0.1, 0.15) is 0 Å². The van der Waals surface area contributed by atoms with Crippen LogP contribution in [0.1, 0.15) is 51.0 Å². The summed E-state index contributed by atoms with van der Waals surface area (Å²) in [6, 6.07) is 17.6. The molecule has 0 saturated heterocycles. The van der Waals surface area contributed by atoms with Gasteiger partial charge in [0.25, 0.3) is 0 Å². The molecule has 1 amide bonds. The molecule has 1 aliphatic rings. The molecule has 1 fully saturated rings. The van der Waals surface area contributed by atoms with Crippen LogP contribution in [0, 0.1) is 11.3 Å². The van der Waals surface area contributed by atoms with Crippen molar-refractivity contribution in [1.82, 2.24) is 5.32 Å². The maximum absolute atomic E-state index is 12.8. The van der Waals surface area contributed by atoms with E-state index in [1.54, 1.807) is 6.92 Å². The predicted molar refractivity (Wildman–Crippen MR) is 122 cm³/mol. The Balaban J connectivity index is 1.70. The van der Waals surface area contributed by atoms with E-state index in [9.17, 15) is 24.6 Å². The second-order valence-corrected chi connectivity index (χ2v) is 8.98. The minimum Gasteiger partial charge on any atom is -0.481 e. The molecule has 0 aliphatic heterocycles. The van der Waals surface area contributed by atoms with Gasteiger partial charge in [-0.25, -0.2) is 0 Å². The van der Waals surface area contributed by atoms with E-state index < -0.39 is 23.3 Å². The van der Waals surface area contributed by atoms with Gasteiger partial charge in [0, 0.05) is 12.5 Å². The second kappa shape index (κ2) is 10.4. The summed E-state index contributed by atoms with van der Waals surface area (Å²) >= 11 is 0. The summed E-state index contributed by atoms with van der Waals surface area (Å²) in [7, 11) is 0. The summed E-state index contributed by atoms with van der Waals surface area (Å²) in [5.74, 6) is -2.78. The summed E-state index contributed by atoms with van der Waals surface area (Å²) in [4.78, 5) is 36.0. The van der Waals surface area contributed by atoms with Gasteiger partial charge in [-0.05, 0) is 42.4 Å². The normalized spacial score (nSPS) is 16.8. The van der Waals surface area contributed by atoms with Gasteiger partial charge < -0.3 is 15.5 Å². The Hall–Kier alpha value is -3.15.